The molecule has 0 aromatic carbocycles. The van der Waals surface area contributed by atoms with E-state index in [0.717, 1.165) is 23.8 Å². The Balaban J connectivity index is 1.81. The summed E-state index contributed by atoms with van der Waals surface area (Å²) in [6.07, 6.45) is 7.65. The number of hydrogen-bond donors (Lipinski definition) is 0. The second-order valence-electron chi connectivity index (χ2n) is 4.15. The van der Waals surface area contributed by atoms with Crippen LogP contribution >= 0.6 is 15.9 Å². The molecular formula is C10H17BrO. The van der Waals surface area contributed by atoms with E-state index in [-0.39, 0.29) is 0 Å². The fourth-order valence-electron chi connectivity index (χ4n) is 2.60. The largest absolute Gasteiger partial charge is 0.377 e. The van der Waals surface area contributed by atoms with Crippen LogP contribution in [0.5, 0.6) is 0 Å². The molecule has 0 unspecified atom stereocenters. The van der Waals surface area contributed by atoms with Gasteiger partial charge in [-0.2, -0.15) is 0 Å². The van der Waals surface area contributed by atoms with Gasteiger partial charge in [-0.3, -0.25) is 0 Å². The maximum absolute atomic E-state index is 5.68. The molecule has 2 heteroatoms. The van der Waals surface area contributed by atoms with Gasteiger partial charge in [-0.05, 0) is 18.3 Å². The molecule has 0 aromatic heterocycles. The SMILES string of the molecule is BrC[C@H]1C[C@@H](C2CCCC2)CO1. The van der Waals surface area contributed by atoms with E-state index < -0.39 is 0 Å². The average molecular weight is 233 g/mol. The van der Waals surface area contributed by atoms with Gasteiger partial charge in [0.2, 0.25) is 0 Å². The Kier molecular flexibility index (Phi) is 3.08. The molecule has 0 aromatic rings. The Morgan fingerprint density at radius 3 is 2.50 bits per heavy atom. The molecule has 0 amide bonds. The van der Waals surface area contributed by atoms with Crippen LogP contribution in [0.15, 0.2) is 0 Å². The molecule has 2 atom stereocenters. The fourth-order valence-corrected chi connectivity index (χ4v) is 3.05. The minimum atomic E-state index is 0.510. The number of ether oxygens (including phenoxy) is 1. The summed E-state index contributed by atoms with van der Waals surface area (Å²) in [4.78, 5) is 0. The first-order valence-corrected chi connectivity index (χ1v) is 6.20. The van der Waals surface area contributed by atoms with Gasteiger partial charge < -0.3 is 4.74 Å². The molecule has 12 heavy (non-hydrogen) atoms. The molecule has 2 rings (SSSR count). The minimum absolute atomic E-state index is 0.510. The highest BCUT2D eigenvalue weighted by Gasteiger charge is 2.32. The average Bonchev–Trinajstić information content (AvgIpc) is 2.75. The Morgan fingerprint density at radius 2 is 1.92 bits per heavy atom. The van der Waals surface area contributed by atoms with E-state index in [0.29, 0.717) is 6.10 Å². The van der Waals surface area contributed by atoms with Crippen LogP contribution in [0.2, 0.25) is 0 Å². The van der Waals surface area contributed by atoms with Crippen molar-refractivity contribution < 1.29 is 4.74 Å². The van der Waals surface area contributed by atoms with E-state index in [4.69, 9.17) is 4.74 Å². The Labute approximate surface area is 83.0 Å². The summed E-state index contributed by atoms with van der Waals surface area (Å²) in [5.41, 5.74) is 0. The smallest absolute Gasteiger partial charge is 0.0675 e. The molecule has 2 fully saturated rings. The predicted molar refractivity (Wildman–Crippen MR) is 53.6 cm³/mol. The van der Waals surface area contributed by atoms with Crippen LogP contribution in [0.1, 0.15) is 32.1 Å². The molecule has 2 aliphatic rings. The maximum Gasteiger partial charge on any atom is 0.0675 e. The van der Waals surface area contributed by atoms with Crippen molar-refractivity contribution in [2.75, 3.05) is 11.9 Å². The quantitative estimate of drug-likeness (QED) is 0.666. The topological polar surface area (TPSA) is 9.23 Å². The van der Waals surface area contributed by atoms with Crippen LogP contribution in [-0.4, -0.2) is 18.0 Å². The standard InChI is InChI=1S/C10H17BrO/c11-6-10-5-9(7-12-10)8-3-1-2-4-8/h8-10H,1-7H2/t9-,10-/m1/s1. The van der Waals surface area contributed by atoms with Gasteiger partial charge in [0.1, 0.15) is 0 Å². The Bertz CT molecular complexity index is 143. The molecule has 1 heterocycles. The van der Waals surface area contributed by atoms with Gasteiger partial charge in [0.05, 0.1) is 12.7 Å². The zero-order chi connectivity index (χ0) is 8.39. The van der Waals surface area contributed by atoms with Crippen molar-refractivity contribution in [3.05, 3.63) is 0 Å². The fraction of sp³-hybridized carbons (Fsp3) is 1.00. The minimum Gasteiger partial charge on any atom is -0.377 e. The first kappa shape index (κ1) is 9.01. The van der Waals surface area contributed by atoms with Gasteiger partial charge in [0.15, 0.2) is 0 Å². The van der Waals surface area contributed by atoms with Crippen molar-refractivity contribution in [1.29, 1.82) is 0 Å². The van der Waals surface area contributed by atoms with Crippen LogP contribution < -0.4 is 0 Å². The third-order valence-corrected chi connectivity index (χ3v) is 4.07. The van der Waals surface area contributed by atoms with E-state index in [1.165, 1.54) is 32.1 Å². The van der Waals surface area contributed by atoms with Crippen molar-refractivity contribution in [2.45, 2.75) is 38.2 Å². The van der Waals surface area contributed by atoms with Gasteiger partial charge in [-0.15, -0.1) is 0 Å². The monoisotopic (exact) mass is 232 g/mol. The highest BCUT2D eigenvalue weighted by atomic mass is 79.9. The van der Waals surface area contributed by atoms with Crippen LogP contribution in [0.3, 0.4) is 0 Å². The van der Waals surface area contributed by atoms with E-state index >= 15 is 0 Å². The lowest BCUT2D eigenvalue weighted by atomic mass is 9.89. The summed E-state index contributed by atoms with van der Waals surface area (Å²) in [5.74, 6) is 1.88. The van der Waals surface area contributed by atoms with Crippen LogP contribution in [-0.2, 0) is 4.74 Å². The van der Waals surface area contributed by atoms with Crippen LogP contribution in [0.4, 0.5) is 0 Å². The molecule has 0 spiro atoms. The van der Waals surface area contributed by atoms with E-state index in [1.54, 1.807) is 0 Å². The highest BCUT2D eigenvalue weighted by molar-refractivity contribution is 9.09. The lowest BCUT2D eigenvalue weighted by Gasteiger charge is -2.15. The predicted octanol–water partition coefficient (Wildman–Crippen LogP) is 2.98. The molecule has 70 valence electrons. The molecule has 0 N–H and O–H groups in total. The van der Waals surface area contributed by atoms with Crippen LogP contribution in [0, 0.1) is 11.8 Å². The maximum atomic E-state index is 5.68. The highest BCUT2D eigenvalue weighted by Crippen LogP contribution is 2.37. The molecule has 1 aliphatic carbocycles. The lowest BCUT2D eigenvalue weighted by molar-refractivity contribution is 0.119. The van der Waals surface area contributed by atoms with E-state index in [2.05, 4.69) is 15.9 Å². The van der Waals surface area contributed by atoms with Gasteiger partial charge >= 0.3 is 0 Å². The molecule has 0 bridgehead atoms. The summed E-state index contributed by atoms with van der Waals surface area (Å²) in [6, 6.07) is 0. The molecule has 0 radical (unpaired) electrons. The zero-order valence-electron chi connectivity index (χ0n) is 7.47. The number of rotatable bonds is 2. The molecular weight excluding hydrogens is 216 g/mol. The van der Waals surface area contributed by atoms with E-state index in [1.807, 2.05) is 0 Å². The summed E-state index contributed by atoms with van der Waals surface area (Å²) < 4.78 is 5.68. The van der Waals surface area contributed by atoms with Crippen molar-refractivity contribution in [1.82, 2.24) is 0 Å². The van der Waals surface area contributed by atoms with Gasteiger partial charge in [-0.1, -0.05) is 41.6 Å². The molecule has 1 saturated carbocycles. The zero-order valence-corrected chi connectivity index (χ0v) is 9.05. The Hall–Kier alpha value is 0.440. The number of alkyl halides is 1. The van der Waals surface area contributed by atoms with Crippen molar-refractivity contribution >= 4 is 15.9 Å². The number of hydrogen-bond acceptors (Lipinski definition) is 1. The summed E-state index contributed by atoms with van der Waals surface area (Å²) in [6.45, 7) is 1.03. The summed E-state index contributed by atoms with van der Waals surface area (Å²) in [5, 5.41) is 1.02. The van der Waals surface area contributed by atoms with Crippen molar-refractivity contribution in [3.63, 3.8) is 0 Å². The Morgan fingerprint density at radius 1 is 1.17 bits per heavy atom. The third kappa shape index (κ3) is 1.85. The lowest BCUT2D eigenvalue weighted by Crippen LogP contribution is -2.11. The van der Waals surface area contributed by atoms with Gasteiger partial charge in [-0.25, -0.2) is 0 Å². The normalized spacial score (nSPS) is 37.8. The second kappa shape index (κ2) is 4.10. The van der Waals surface area contributed by atoms with Crippen LogP contribution in [0.25, 0.3) is 0 Å². The van der Waals surface area contributed by atoms with Gasteiger partial charge in [0.25, 0.3) is 0 Å². The molecule has 1 nitrogen and oxygen atoms in total. The summed E-state index contributed by atoms with van der Waals surface area (Å²) in [7, 11) is 0. The van der Waals surface area contributed by atoms with Crippen molar-refractivity contribution in [3.8, 4) is 0 Å². The molecule has 1 aliphatic heterocycles. The van der Waals surface area contributed by atoms with E-state index in [9.17, 15) is 0 Å². The van der Waals surface area contributed by atoms with Gasteiger partial charge in [0, 0.05) is 5.33 Å². The third-order valence-electron chi connectivity index (χ3n) is 3.35. The second-order valence-corrected chi connectivity index (χ2v) is 4.80. The summed E-state index contributed by atoms with van der Waals surface area (Å²) >= 11 is 3.49. The first-order chi connectivity index (χ1) is 5.90. The number of halogens is 1. The molecule has 1 saturated heterocycles. The first-order valence-electron chi connectivity index (χ1n) is 5.07. The van der Waals surface area contributed by atoms with Crippen molar-refractivity contribution in [2.24, 2.45) is 11.8 Å².